The van der Waals surface area contributed by atoms with E-state index in [1.165, 1.54) is 11.3 Å². The molecule has 0 bridgehead atoms. The molecule has 9 heteroatoms. The van der Waals surface area contributed by atoms with Crippen molar-refractivity contribution in [2.24, 2.45) is 0 Å². The number of rotatable bonds is 8. The zero-order valence-electron chi connectivity index (χ0n) is 17.9. The fraction of sp³-hybridized carbons (Fsp3) is 0.125. The Hall–Kier alpha value is -3.07. The van der Waals surface area contributed by atoms with Crippen LogP contribution in [-0.4, -0.2) is 22.5 Å². The minimum absolute atomic E-state index is 0.279. The Morgan fingerprint density at radius 1 is 1.12 bits per heavy atom. The van der Waals surface area contributed by atoms with Crippen LogP contribution in [0.5, 0.6) is 11.5 Å². The number of hydrogen-bond acceptors (Lipinski definition) is 8. The third-order valence-electron chi connectivity index (χ3n) is 4.31. The van der Waals surface area contributed by atoms with Gasteiger partial charge in [0.05, 0.1) is 22.9 Å². The third-order valence-corrected chi connectivity index (χ3v) is 6.47. The molecule has 4 rings (SSSR count). The summed E-state index contributed by atoms with van der Waals surface area (Å²) in [7, 11) is 0. The van der Waals surface area contributed by atoms with Crippen LogP contribution >= 0.6 is 34.7 Å². The molecule has 0 aliphatic heterocycles. The summed E-state index contributed by atoms with van der Waals surface area (Å²) in [4.78, 5) is 23.1. The van der Waals surface area contributed by atoms with Crippen LogP contribution in [0.3, 0.4) is 0 Å². The number of aromatic nitrogens is 2. The Bertz CT molecular complexity index is 1270. The second kappa shape index (κ2) is 10.7. The lowest BCUT2D eigenvalue weighted by atomic mass is 10.2. The van der Waals surface area contributed by atoms with E-state index in [0.29, 0.717) is 33.0 Å². The van der Waals surface area contributed by atoms with E-state index in [2.05, 4.69) is 15.3 Å². The van der Waals surface area contributed by atoms with Crippen molar-refractivity contribution >= 4 is 51.6 Å². The van der Waals surface area contributed by atoms with Gasteiger partial charge >= 0.3 is 5.97 Å². The first-order chi connectivity index (χ1) is 16.0. The van der Waals surface area contributed by atoms with Gasteiger partial charge in [-0.3, -0.25) is 0 Å². The van der Waals surface area contributed by atoms with Crippen molar-refractivity contribution < 1.29 is 14.3 Å². The maximum Gasteiger partial charge on any atom is 0.338 e. The fourth-order valence-electron chi connectivity index (χ4n) is 2.83. The van der Waals surface area contributed by atoms with Crippen LogP contribution in [0.25, 0.3) is 0 Å². The van der Waals surface area contributed by atoms with E-state index >= 15 is 0 Å². The molecule has 2 aromatic carbocycles. The van der Waals surface area contributed by atoms with Crippen LogP contribution in [0.15, 0.2) is 76.0 Å². The number of anilines is 2. The molecular formula is C24H20ClN3O3S2. The zero-order valence-corrected chi connectivity index (χ0v) is 20.3. The van der Waals surface area contributed by atoms with Crippen molar-refractivity contribution in [3.63, 3.8) is 0 Å². The molecule has 2 aromatic heterocycles. The summed E-state index contributed by atoms with van der Waals surface area (Å²) in [5.41, 5.74) is 1.26. The van der Waals surface area contributed by atoms with E-state index in [0.717, 1.165) is 15.5 Å². The Morgan fingerprint density at radius 3 is 2.67 bits per heavy atom. The standard InChI is InChI=1S/C24H20ClN3O3S2/c1-3-30-23(29)16-9-10-19(25)20(11-16)31-21-12-18(33-17-7-5-4-6-8-17)13-26-22(21)28-24-27-15(2)14-32-24/h4-14H,3H2,1-2H3,(H,26,27,28). The van der Waals surface area contributed by atoms with E-state index in [-0.39, 0.29) is 6.61 Å². The van der Waals surface area contributed by atoms with Crippen LogP contribution in [0, 0.1) is 6.92 Å². The maximum absolute atomic E-state index is 12.2. The maximum atomic E-state index is 12.2. The molecule has 1 N–H and O–H groups in total. The van der Waals surface area contributed by atoms with Gasteiger partial charge in [-0.15, -0.1) is 11.3 Å². The second-order valence-electron chi connectivity index (χ2n) is 6.82. The van der Waals surface area contributed by atoms with Gasteiger partial charge in [0, 0.05) is 27.4 Å². The summed E-state index contributed by atoms with van der Waals surface area (Å²) in [5, 5.41) is 6.21. The highest BCUT2D eigenvalue weighted by atomic mass is 35.5. The number of thiazole rings is 1. The average Bonchev–Trinajstić information content (AvgIpc) is 3.22. The Kier molecular flexibility index (Phi) is 7.49. The lowest BCUT2D eigenvalue weighted by Gasteiger charge is -2.14. The van der Waals surface area contributed by atoms with Gasteiger partial charge in [0.25, 0.3) is 0 Å². The van der Waals surface area contributed by atoms with E-state index < -0.39 is 5.97 Å². The zero-order chi connectivity index (χ0) is 23.2. The van der Waals surface area contributed by atoms with Crippen LogP contribution in [0.1, 0.15) is 23.0 Å². The number of aryl methyl sites for hydroxylation is 1. The second-order valence-corrected chi connectivity index (χ2v) is 9.23. The van der Waals surface area contributed by atoms with Crippen molar-refractivity contribution in [2.75, 3.05) is 11.9 Å². The van der Waals surface area contributed by atoms with Gasteiger partial charge in [0.1, 0.15) is 5.75 Å². The minimum Gasteiger partial charge on any atom is -0.462 e. The van der Waals surface area contributed by atoms with E-state index in [1.54, 1.807) is 43.1 Å². The first-order valence-corrected chi connectivity index (χ1v) is 12.2. The topological polar surface area (TPSA) is 73.3 Å². The number of hydrogen-bond donors (Lipinski definition) is 1. The number of benzene rings is 2. The molecule has 0 fully saturated rings. The van der Waals surface area contributed by atoms with Gasteiger partial charge < -0.3 is 14.8 Å². The molecule has 0 radical (unpaired) electrons. The Balaban J connectivity index is 1.68. The first kappa shape index (κ1) is 23.1. The van der Waals surface area contributed by atoms with E-state index in [9.17, 15) is 4.79 Å². The first-order valence-electron chi connectivity index (χ1n) is 10.1. The quantitative estimate of drug-likeness (QED) is 0.255. The summed E-state index contributed by atoms with van der Waals surface area (Å²) in [5.74, 6) is 0.817. The van der Waals surface area contributed by atoms with E-state index in [4.69, 9.17) is 21.1 Å². The molecule has 2 heterocycles. The van der Waals surface area contributed by atoms with Crippen molar-refractivity contribution in [3.8, 4) is 11.5 Å². The molecular weight excluding hydrogens is 478 g/mol. The Labute approximate surface area is 205 Å². The summed E-state index contributed by atoms with van der Waals surface area (Å²) in [6.07, 6.45) is 1.77. The lowest BCUT2D eigenvalue weighted by Crippen LogP contribution is -2.05. The van der Waals surface area contributed by atoms with Crippen molar-refractivity contribution in [3.05, 3.63) is 82.5 Å². The predicted octanol–water partition coefficient (Wildman–Crippen LogP) is 7.36. The number of esters is 1. The van der Waals surface area contributed by atoms with Crippen LogP contribution < -0.4 is 10.1 Å². The largest absolute Gasteiger partial charge is 0.462 e. The highest BCUT2D eigenvalue weighted by Crippen LogP contribution is 2.38. The molecule has 0 saturated carbocycles. The number of carbonyl (C=O) groups excluding carboxylic acids is 1. The predicted molar refractivity (Wildman–Crippen MR) is 132 cm³/mol. The SMILES string of the molecule is CCOC(=O)c1ccc(Cl)c(Oc2cc(Sc3ccccc3)cnc2Nc2nc(C)cs2)c1. The van der Waals surface area contributed by atoms with Crippen LogP contribution in [-0.2, 0) is 4.74 Å². The molecule has 4 aromatic rings. The molecule has 168 valence electrons. The van der Waals surface area contributed by atoms with Gasteiger partial charge in [-0.2, -0.15) is 0 Å². The van der Waals surface area contributed by atoms with Crippen LogP contribution in [0.4, 0.5) is 10.9 Å². The molecule has 33 heavy (non-hydrogen) atoms. The molecule has 0 unspecified atom stereocenters. The van der Waals surface area contributed by atoms with Crippen molar-refractivity contribution in [2.45, 2.75) is 23.6 Å². The van der Waals surface area contributed by atoms with Gasteiger partial charge in [0.15, 0.2) is 16.7 Å². The molecule has 0 spiro atoms. The molecule has 0 amide bonds. The summed E-state index contributed by atoms with van der Waals surface area (Å²) < 4.78 is 11.3. The number of nitrogens with one attached hydrogen (secondary N) is 1. The Morgan fingerprint density at radius 2 is 1.94 bits per heavy atom. The molecule has 6 nitrogen and oxygen atoms in total. The molecule has 0 saturated heterocycles. The summed E-state index contributed by atoms with van der Waals surface area (Å²) in [6, 6.07) is 16.6. The normalized spacial score (nSPS) is 10.6. The minimum atomic E-state index is -0.442. The highest BCUT2D eigenvalue weighted by molar-refractivity contribution is 7.99. The highest BCUT2D eigenvalue weighted by Gasteiger charge is 2.16. The van der Waals surface area contributed by atoms with E-state index in [1.807, 2.05) is 48.7 Å². The third kappa shape index (κ3) is 6.04. The molecule has 0 aliphatic carbocycles. The smallest absolute Gasteiger partial charge is 0.338 e. The lowest BCUT2D eigenvalue weighted by molar-refractivity contribution is 0.0526. The van der Waals surface area contributed by atoms with Crippen molar-refractivity contribution in [1.82, 2.24) is 9.97 Å². The van der Waals surface area contributed by atoms with Gasteiger partial charge in [-0.05, 0) is 44.2 Å². The average molecular weight is 498 g/mol. The molecule has 0 aliphatic rings. The van der Waals surface area contributed by atoms with Gasteiger partial charge in [-0.25, -0.2) is 14.8 Å². The number of carbonyl (C=O) groups is 1. The number of halogens is 1. The fourth-order valence-corrected chi connectivity index (χ4v) is 4.51. The van der Waals surface area contributed by atoms with Gasteiger partial charge in [0.2, 0.25) is 0 Å². The number of ether oxygens (including phenoxy) is 2. The van der Waals surface area contributed by atoms with Gasteiger partial charge in [-0.1, -0.05) is 41.6 Å². The van der Waals surface area contributed by atoms with Crippen molar-refractivity contribution in [1.29, 1.82) is 0 Å². The van der Waals surface area contributed by atoms with Crippen LogP contribution in [0.2, 0.25) is 5.02 Å². The summed E-state index contributed by atoms with van der Waals surface area (Å²) in [6.45, 7) is 3.96. The number of pyridine rings is 1. The monoisotopic (exact) mass is 497 g/mol. The molecule has 0 atom stereocenters. The number of nitrogens with zero attached hydrogens (tertiary/aromatic N) is 2. The summed E-state index contributed by atoms with van der Waals surface area (Å²) >= 11 is 9.41.